The molecule has 0 aliphatic heterocycles. The lowest BCUT2D eigenvalue weighted by atomic mass is 10.1. The van der Waals surface area contributed by atoms with Crippen LogP contribution in [0.3, 0.4) is 0 Å². The van der Waals surface area contributed by atoms with Crippen LogP contribution in [0, 0.1) is 6.92 Å². The number of benzene rings is 1. The maximum absolute atomic E-state index is 5.60. The second kappa shape index (κ2) is 5.94. The number of hydrogen-bond acceptors (Lipinski definition) is 3. The van der Waals surface area contributed by atoms with E-state index in [9.17, 15) is 0 Å². The zero-order chi connectivity index (χ0) is 13.0. The van der Waals surface area contributed by atoms with Gasteiger partial charge in [0.05, 0.1) is 5.52 Å². The molecule has 0 saturated heterocycles. The average molecular weight is 245 g/mol. The fourth-order valence-corrected chi connectivity index (χ4v) is 1.94. The first-order valence-corrected chi connectivity index (χ1v) is 6.35. The van der Waals surface area contributed by atoms with Crippen molar-refractivity contribution in [1.82, 2.24) is 4.98 Å². The molecule has 2 aromatic rings. The molecule has 0 spiro atoms. The molecule has 3 heteroatoms. The van der Waals surface area contributed by atoms with E-state index in [2.05, 4.69) is 17.1 Å². The smallest absolute Gasteiger partial charge is 0.183 e. The Hall–Kier alpha value is -1.45. The Morgan fingerprint density at radius 2 is 1.78 bits per heavy atom. The largest absolute Gasteiger partial charge is 0.349 e. The molecule has 1 aromatic carbocycles. The van der Waals surface area contributed by atoms with Crippen LogP contribution in [-0.2, 0) is 9.47 Å². The van der Waals surface area contributed by atoms with Crippen LogP contribution in [0.4, 0.5) is 0 Å². The van der Waals surface area contributed by atoms with Crippen molar-refractivity contribution in [2.45, 2.75) is 27.1 Å². The Labute approximate surface area is 108 Å². The molecule has 2 rings (SSSR count). The van der Waals surface area contributed by atoms with Crippen molar-refractivity contribution < 1.29 is 9.47 Å². The van der Waals surface area contributed by atoms with Crippen molar-refractivity contribution in [1.29, 1.82) is 0 Å². The lowest BCUT2D eigenvalue weighted by Crippen LogP contribution is -2.08. The maximum Gasteiger partial charge on any atom is 0.183 e. The summed E-state index contributed by atoms with van der Waals surface area (Å²) >= 11 is 0. The predicted molar refractivity (Wildman–Crippen MR) is 72.5 cm³/mol. The average Bonchev–Trinajstić information content (AvgIpc) is 2.38. The van der Waals surface area contributed by atoms with E-state index in [0.717, 1.165) is 22.2 Å². The monoisotopic (exact) mass is 245 g/mol. The second-order valence-electron chi connectivity index (χ2n) is 4.15. The van der Waals surface area contributed by atoms with Gasteiger partial charge < -0.3 is 9.47 Å². The molecule has 0 aliphatic rings. The van der Waals surface area contributed by atoms with Gasteiger partial charge in [-0.15, -0.1) is 0 Å². The third-order valence-electron chi connectivity index (χ3n) is 2.76. The van der Waals surface area contributed by atoms with Gasteiger partial charge in [-0.25, -0.2) is 0 Å². The zero-order valence-electron chi connectivity index (χ0n) is 11.1. The number of nitrogens with zero attached hydrogens (tertiary/aromatic N) is 1. The molecule has 0 saturated carbocycles. The fraction of sp³-hybridized carbons (Fsp3) is 0.400. The third-order valence-corrected chi connectivity index (χ3v) is 2.76. The van der Waals surface area contributed by atoms with E-state index in [-0.39, 0.29) is 6.29 Å². The Morgan fingerprint density at radius 3 is 2.44 bits per heavy atom. The summed E-state index contributed by atoms with van der Waals surface area (Å²) in [6, 6.07) is 10.2. The van der Waals surface area contributed by atoms with Gasteiger partial charge in [0.1, 0.15) is 0 Å². The molecule has 1 aromatic heterocycles. The molecule has 0 bridgehead atoms. The quantitative estimate of drug-likeness (QED) is 0.754. The van der Waals surface area contributed by atoms with Gasteiger partial charge in [0.15, 0.2) is 6.29 Å². The molecule has 0 fully saturated rings. The van der Waals surface area contributed by atoms with Crippen molar-refractivity contribution in [3.63, 3.8) is 0 Å². The summed E-state index contributed by atoms with van der Waals surface area (Å²) < 4.78 is 11.2. The van der Waals surface area contributed by atoms with Gasteiger partial charge in [-0.05, 0) is 39.0 Å². The van der Waals surface area contributed by atoms with E-state index < -0.39 is 0 Å². The highest BCUT2D eigenvalue weighted by Gasteiger charge is 2.11. The van der Waals surface area contributed by atoms with E-state index in [1.165, 1.54) is 0 Å². The molecule has 3 nitrogen and oxygen atoms in total. The molecule has 0 atom stereocenters. The SMILES string of the molecule is CCOC(OCC)c1ccc2nc(C)ccc2c1. The number of aryl methyl sites for hydroxylation is 1. The molecule has 0 radical (unpaired) electrons. The summed E-state index contributed by atoms with van der Waals surface area (Å²) in [6.07, 6.45) is -0.286. The highest BCUT2D eigenvalue weighted by Crippen LogP contribution is 2.23. The summed E-state index contributed by atoms with van der Waals surface area (Å²) in [4.78, 5) is 4.49. The van der Waals surface area contributed by atoms with E-state index in [0.29, 0.717) is 13.2 Å². The number of rotatable bonds is 5. The predicted octanol–water partition coefficient (Wildman–Crippen LogP) is 3.61. The third kappa shape index (κ3) is 2.86. The van der Waals surface area contributed by atoms with Gasteiger partial charge in [-0.2, -0.15) is 0 Å². The lowest BCUT2D eigenvalue weighted by molar-refractivity contribution is -0.140. The molecule has 0 aliphatic carbocycles. The number of pyridine rings is 1. The van der Waals surface area contributed by atoms with Gasteiger partial charge in [0, 0.05) is 29.9 Å². The molecular weight excluding hydrogens is 226 g/mol. The van der Waals surface area contributed by atoms with E-state index in [4.69, 9.17) is 9.47 Å². The van der Waals surface area contributed by atoms with Gasteiger partial charge in [-0.3, -0.25) is 4.98 Å². The Balaban J connectivity index is 2.35. The van der Waals surface area contributed by atoms with Gasteiger partial charge in [-0.1, -0.05) is 12.1 Å². The van der Waals surface area contributed by atoms with Gasteiger partial charge >= 0.3 is 0 Å². The summed E-state index contributed by atoms with van der Waals surface area (Å²) in [5.41, 5.74) is 3.07. The fourth-order valence-electron chi connectivity index (χ4n) is 1.94. The van der Waals surface area contributed by atoms with Crippen molar-refractivity contribution in [2.24, 2.45) is 0 Å². The molecular formula is C15H19NO2. The molecule has 18 heavy (non-hydrogen) atoms. The number of hydrogen-bond donors (Lipinski definition) is 0. The van der Waals surface area contributed by atoms with E-state index in [1.807, 2.05) is 39.0 Å². The van der Waals surface area contributed by atoms with Crippen LogP contribution in [0.1, 0.15) is 31.4 Å². The van der Waals surface area contributed by atoms with Crippen molar-refractivity contribution in [3.05, 3.63) is 41.6 Å². The first-order valence-electron chi connectivity index (χ1n) is 6.35. The lowest BCUT2D eigenvalue weighted by Gasteiger charge is -2.17. The van der Waals surface area contributed by atoms with Crippen LogP contribution in [0.2, 0.25) is 0 Å². The first-order chi connectivity index (χ1) is 8.74. The second-order valence-corrected chi connectivity index (χ2v) is 4.15. The maximum atomic E-state index is 5.60. The van der Waals surface area contributed by atoms with Crippen molar-refractivity contribution in [3.8, 4) is 0 Å². The summed E-state index contributed by atoms with van der Waals surface area (Å²) in [6.45, 7) is 7.20. The van der Waals surface area contributed by atoms with Crippen LogP contribution >= 0.6 is 0 Å². The molecule has 0 unspecified atom stereocenters. The van der Waals surface area contributed by atoms with Crippen LogP contribution in [0.25, 0.3) is 10.9 Å². The standard InChI is InChI=1S/C15H19NO2/c1-4-17-15(18-5-2)13-8-9-14-12(10-13)7-6-11(3)16-14/h6-10,15H,4-5H2,1-3H3. The zero-order valence-corrected chi connectivity index (χ0v) is 11.1. The molecule has 1 heterocycles. The van der Waals surface area contributed by atoms with Crippen LogP contribution in [0.5, 0.6) is 0 Å². The molecule has 0 N–H and O–H groups in total. The highest BCUT2D eigenvalue weighted by atomic mass is 16.7. The van der Waals surface area contributed by atoms with Crippen LogP contribution in [0.15, 0.2) is 30.3 Å². The number of fused-ring (bicyclic) bond motifs is 1. The van der Waals surface area contributed by atoms with Gasteiger partial charge in [0.25, 0.3) is 0 Å². The minimum absolute atomic E-state index is 0.286. The molecule has 96 valence electrons. The van der Waals surface area contributed by atoms with Crippen LogP contribution in [-0.4, -0.2) is 18.2 Å². The summed E-state index contributed by atoms with van der Waals surface area (Å²) in [7, 11) is 0. The topological polar surface area (TPSA) is 31.4 Å². The summed E-state index contributed by atoms with van der Waals surface area (Å²) in [5, 5.41) is 1.11. The van der Waals surface area contributed by atoms with E-state index >= 15 is 0 Å². The van der Waals surface area contributed by atoms with Crippen molar-refractivity contribution in [2.75, 3.05) is 13.2 Å². The number of ether oxygens (including phenoxy) is 2. The first kappa shape index (κ1) is 13.0. The Bertz CT molecular complexity index is 519. The normalized spacial score (nSPS) is 11.3. The minimum atomic E-state index is -0.286. The summed E-state index contributed by atoms with van der Waals surface area (Å²) in [5.74, 6) is 0. The Kier molecular flexibility index (Phi) is 4.28. The highest BCUT2D eigenvalue weighted by molar-refractivity contribution is 5.79. The minimum Gasteiger partial charge on any atom is -0.349 e. The van der Waals surface area contributed by atoms with E-state index in [1.54, 1.807) is 0 Å². The van der Waals surface area contributed by atoms with Crippen LogP contribution < -0.4 is 0 Å². The molecule has 0 amide bonds. The van der Waals surface area contributed by atoms with Gasteiger partial charge in [0.2, 0.25) is 0 Å². The van der Waals surface area contributed by atoms with Crippen molar-refractivity contribution >= 4 is 10.9 Å². The number of aromatic nitrogens is 1. The Morgan fingerprint density at radius 1 is 1.06 bits per heavy atom.